The van der Waals surface area contributed by atoms with Gasteiger partial charge in [0.1, 0.15) is 6.04 Å². The normalized spacial score (nSPS) is 16.9. The summed E-state index contributed by atoms with van der Waals surface area (Å²) in [7, 11) is 0. The van der Waals surface area contributed by atoms with Crippen LogP contribution >= 0.6 is 11.6 Å². The summed E-state index contributed by atoms with van der Waals surface area (Å²) in [5.41, 5.74) is 1.02. The van der Waals surface area contributed by atoms with Crippen LogP contribution in [0.4, 0.5) is 19.1 Å². The van der Waals surface area contributed by atoms with Gasteiger partial charge in [-0.05, 0) is 31.5 Å². The minimum atomic E-state index is -4.71. The monoisotopic (exact) mass is 386 g/mol. The second-order valence-corrected chi connectivity index (χ2v) is 5.98. The summed E-state index contributed by atoms with van der Waals surface area (Å²) in [6, 6.07) is 5.47. The number of allylic oxidation sites excluding steroid dienone is 1. The number of rotatable bonds is 3. The van der Waals surface area contributed by atoms with E-state index in [0.29, 0.717) is 16.3 Å². The molecule has 0 amide bonds. The third-order valence-electron chi connectivity index (χ3n) is 3.79. The number of ether oxygens (including phenoxy) is 1. The van der Waals surface area contributed by atoms with E-state index in [0.717, 1.165) is 4.68 Å². The SMILES string of the molecule is CCOC(=O)C1=C(C)Nc2nc(C(F)(F)F)nn2[C@@H]1c1ccc(Cl)cc1. The minimum absolute atomic E-state index is 0.108. The molecule has 0 saturated heterocycles. The van der Waals surface area contributed by atoms with Crippen LogP contribution < -0.4 is 5.32 Å². The number of carbonyl (C=O) groups excluding carboxylic acids is 1. The van der Waals surface area contributed by atoms with Crippen molar-refractivity contribution < 1.29 is 22.7 Å². The van der Waals surface area contributed by atoms with E-state index < -0.39 is 24.0 Å². The van der Waals surface area contributed by atoms with Crippen LogP contribution in [0.1, 0.15) is 31.3 Å². The molecule has 0 aliphatic carbocycles. The quantitative estimate of drug-likeness (QED) is 0.812. The number of benzene rings is 1. The number of fused-ring (bicyclic) bond motifs is 1. The lowest BCUT2D eigenvalue weighted by atomic mass is 9.96. The van der Waals surface area contributed by atoms with E-state index in [1.807, 2.05) is 0 Å². The molecule has 0 unspecified atom stereocenters. The second kappa shape index (κ2) is 6.64. The molecule has 26 heavy (non-hydrogen) atoms. The average molecular weight is 387 g/mol. The Bertz CT molecular complexity index is 875. The molecule has 0 saturated carbocycles. The van der Waals surface area contributed by atoms with E-state index in [1.165, 1.54) is 0 Å². The first kappa shape index (κ1) is 18.2. The van der Waals surface area contributed by atoms with Crippen LogP contribution in [-0.2, 0) is 15.7 Å². The molecule has 2 heterocycles. The van der Waals surface area contributed by atoms with E-state index in [1.54, 1.807) is 38.1 Å². The summed E-state index contributed by atoms with van der Waals surface area (Å²) in [6.07, 6.45) is -4.71. The molecule has 10 heteroatoms. The molecule has 0 bridgehead atoms. The standard InChI is InChI=1S/C16H14ClF3N4O2/c1-3-26-13(25)11-8(2)21-15-22-14(16(18,19)20)23-24(15)12(11)9-4-6-10(17)7-5-9/h4-7,12H,3H2,1-2H3,(H,21,22,23)/t12-/m1/s1. The molecule has 0 radical (unpaired) electrons. The first-order valence-electron chi connectivity index (χ1n) is 7.66. The number of esters is 1. The van der Waals surface area contributed by atoms with Gasteiger partial charge in [0.15, 0.2) is 0 Å². The first-order valence-corrected chi connectivity index (χ1v) is 8.04. The molecule has 1 aliphatic heterocycles. The molecular formula is C16H14ClF3N4O2. The van der Waals surface area contributed by atoms with Gasteiger partial charge in [-0.25, -0.2) is 9.48 Å². The fourth-order valence-corrected chi connectivity index (χ4v) is 2.82. The smallest absolute Gasteiger partial charge is 0.453 e. The predicted octanol–water partition coefficient (Wildman–Crippen LogP) is 3.80. The van der Waals surface area contributed by atoms with Crippen molar-refractivity contribution in [1.82, 2.24) is 14.8 Å². The van der Waals surface area contributed by atoms with E-state index in [4.69, 9.17) is 16.3 Å². The fourth-order valence-electron chi connectivity index (χ4n) is 2.70. The third kappa shape index (κ3) is 3.26. The van der Waals surface area contributed by atoms with Crippen LogP contribution in [-0.4, -0.2) is 27.3 Å². The zero-order chi connectivity index (χ0) is 19.1. The molecular weight excluding hydrogens is 373 g/mol. The number of anilines is 1. The number of aromatic nitrogens is 3. The number of alkyl halides is 3. The molecule has 0 spiro atoms. The molecule has 138 valence electrons. The third-order valence-corrected chi connectivity index (χ3v) is 4.04. The zero-order valence-corrected chi connectivity index (χ0v) is 14.5. The van der Waals surface area contributed by atoms with Crippen molar-refractivity contribution in [3.8, 4) is 0 Å². The van der Waals surface area contributed by atoms with E-state index in [-0.39, 0.29) is 18.1 Å². The van der Waals surface area contributed by atoms with Gasteiger partial charge in [-0.3, -0.25) is 0 Å². The Kier molecular flexibility index (Phi) is 4.66. The lowest BCUT2D eigenvalue weighted by molar-refractivity contribution is -0.145. The van der Waals surface area contributed by atoms with E-state index in [2.05, 4.69) is 15.4 Å². The van der Waals surface area contributed by atoms with Crippen molar-refractivity contribution >= 4 is 23.5 Å². The van der Waals surface area contributed by atoms with Gasteiger partial charge in [-0.1, -0.05) is 23.7 Å². The lowest BCUT2D eigenvalue weighted by Gasteiger charge is -2.28. The van der Waals surface area contributed by atoms with Gasteiger partial charge < -0.3 is 10.1 Å². The highest BCUT2D eigenvalue weighted by Gasteiger charge is 2.41. The summed E-state index contributed by atoms with van der Waals surface area (Å²) >= 11 is 5.89. The molecule has 6 nitrogen and oxygen atoms in total. The number of carbonyl (C=O) groups is 1. The van der Waals surface area contributed by atoms with Crippen molar-refractivity contribution in [2.75, 3.05) is 11.9 Å². The van der Waals surface area contributed by atoms with Crippen LogP contribution in [0.15, 0.2) is 35.5 Å². The maximum atomic E-state index is 13.0. The Morgan fingerprint density at radius 3 is 2.58 bits per heavy atom. The van der Waals surface area contributed by atoms with Crippen molar-refractivity contribution in [1.29, 1.82) is 0 Å². The molecule has 3 rings (SSSR count). The van der Waals surface area contributed by atoms with Crippen molar-refractivity contribution in [2.45, 2.75) is 26.1 Å². The molecule has 2 aromatic rings. The van der Waals surface area contributed by atoms with Crippen molar-refractivity contribution in [2.24, 2.45) is 0 Å². The largest absolute Gasteiger partial charge is 0.463 e. The molecule has 1 aromatic heterocycles. The molecule has 1 atom stereocenters. The van der Waals surface area contributed by atoms with Crippen LogP contribution in [0, 0.1) is 0 Å². The summed E-state index contributed by atoms with van der Waals surface area (Å²) in [4.78, 5) is 16.0. The van der Waals surface area contributed by atoms with Crippen LogP contribution in [0.5, 0.6) is 0 Å². The highest BCUT2D eigenvalue weighted by molar-refractivity contribution is 6.30. The Morgan fingerprint density at radius 2 is 2.00 bits per heavy atom. The fraction of sp³-hybridized carbons (Fsp3) is 0.312. The van der Waals surface area contributed by atoms with Gasteiger partial charge >= 0.3 is 12.1 Å². The number of hydrogen-bond acceptors (Lipinski definition) is 5. The highest BCUT2D eigenvalue weighted by atomic mass is 35.5. The number of nitrogens with one attached hydrogen (secondary N) is 1. The van der Waals surface area contributed by atoms with Crippen LogP contribution in [0.25, 0.3) is 0 Å². The average Bonchev–Trinajstić information content (AvgIpc) is 2.98. The van der Waals surface area contributed by atoms with Gasteiger partial charge in [-0.2, -0.15) is 18.2 Å². The molecule has 1 N–H and O–H groups in total. The maximum absolute atomic E-state index is 13.0. The van der Waals surface area contributed by atoms with Crippen molar-refractivity contribution in [3.63, 3.8) is 0 Å². The molecule has 0 fully saturated rings. The van der Waals surface area contributed by atoms with Crippen LogP contribution in [0.3, 0.4) is 0 Å². The summed E-state index contributed by atoms with van der Waals surface area (Å²) in [5, 5.41) is 6.72. The maximum Gasteiger partial charge on any atom is 0.453 e. The van der Waals surface area contributed by atoms with Gasteiger partial charge in [0.2, 0.25) is 5.95 Å². The Hall–Kier alpha value is -2.55. The Morgan fingerprint density at radius 1 is 1.35 bits per heavy atom. The van der Waals surface area contributed by atoms with Gasteiger partial charge in [0.25, 0.3) is 5.82 Å². The van der Waals surface area contributed by atoms with E-state index in [9.17, 15) is 18.0 Å². The topological polar surface area (TPSA) is 69.0 Å². The lowest BCUT2D eigenvalue weighted by Crippen LogP contribution is -2.29. The highest BCUT2D eigenvalue weighted by Crippen LogP contribution is 2.38. The van der Waals surface area contributed by atoms with Gasteiger partial charge in [0, 0.05) is 10.7 Å². The summed E-state index contributed by atoms with van der Waals surface area (Å²) < 4.78 is 45.2. The van der Waals surface area contributed by atoms with Crippen molar-refractivity contribution in [3.05, 3.63) is 51.9 Å². The van der Waals surface area contributed by atoms with E-state index >= 15 is 0 Å². The predicted molar refractivity (Wildman–Crippen MR) is 87.6 cm³/mol. The molecule has 1 aromatic carbocycles. The molecule has 1 aliphatic rings. The second-order valence-electron chi connectivity index (χ2n) is 5.54. The Balaban J connectivity index is 2.17. The van der Waals surface area contributed by atoms with Gasteiger partial charge in [0.05, 0.1) is 12.2 Å². The Labute approximate surface area is 151 Å². The number of hydrogen-bond donors (Lipinski definition) is 1. The van der Waals surface area contributed by atoms with Gasteiger partial charge in [-0.15, -0.1) is 5.10 Å². The minimum Gasteiger partial charge on any atom is -0.463 e. The van der Waals surface area contributed by atoms with Crippen LogP contribution in [0.2, 0.25) is 5.02 Å². The number of nitrogens with zero attached hydrogens (tertiary/aromatic N) is 3. The number of halogens is 4. The summed E-state index contributed by atoms with van der Waals surface area (Å²) in [5.74, 6) is -2.05. The first-order chi connectivity index (χ1) is 12.2. The summed E-state index contributed by atoms with van der Waals surface area (Å²) in [6.45, 7) is 3.34. The zero-order valence-electron chi connectivity index (χ0n) is 13.8.